The Labute approximate surface area is 660 Å². The van der Waals surface area contributed by atoms with E-state index >= 15 is 0 Å². The monoisotopic (exact) mass is 1550 g/mol. The van der Waals surface area contributed by atoms with Crippen LogP contribution in [0.4, 0.5) is 9.59 Å². The summed E-state index contributed by atoms with van der Waals surface area (Å²) in [7, 11) is 0. The van der Waals surface area contributed by atoms with Crippen molar-refractivity contribution in [3.8, 4) is 0 Å². The first-order chi connectivity index (χ1) is 53.4. The zero-order valence-corrected chi connectivity index (χ0v) is 67.3. The second-order valence-corrected chi connectivity index (χ2v) is 33.5. The molecule has 0 aliphatic carbocycles. The van der Waals surface area contributed by atoms with Crippen molar-refractivity contribution in [3.63, 3.8) is 0 Å². The van der Waals surface area contributed by atoms with E-state index in [1.807, 2.05) is 131 Å². The Morgan fingerprint density at radius 3 is 1.20 bits per heavy atom. The van der Waals surface area contributed by atoms with Crippen LogP contribution in [0.2, 0.25) is 0 Å². The summed E-state index contributed by atoms with van der Waals surface area (Å²) in [5, 5.41) is 27.3. The number of nitrogens with zero attached hydrogens (tertiary/aromatic N) is 4. The van der Waals surface area contributed by atoms with Gasteiger partial charge in [-0.2, -0.15) is 0 Å². The third kappa shape index (κ3) is 23.6. The van der Waals surface area contributed by atoms with Gasteiger partial charge in [0.05, 0.1) is 12.1 Å². The normalized spacial score (nSPS) is 26.6. The van der Waals surface area contributed by atoms with Crippen molar-refractivity contribution in [1.82, 2.24) is 51.5 Å². The number of carboxylic acids is 1. The number of alkyl carbamates (subject to hydrolysis) is 2. The number of carbonyl (C=O) groups excluding carboxylic acids is 11. The summed E-state index contributed by atoms with van der Waals surface area (Å²) in [5.41, 5.74) is 1.32. The number of hydrogen-bond acceptors (Lipinski definition) is 15. The Morgan fingerprint density at radius 1 is 0.429 bits per heavy atom. The number of ether oxygens (including phenoxy) is 3. The van der Waals surface area contributed by atoms with Crippen LogP contribution in [0, 0.1) is 11.8 Å². The first-order valence-electron chi connectivity index (χ1n) is 41.1. The largest absolute Gasteiger partial charge is 0.480 e. The van der Waals surface area contributed by atoms with Crippen molar-refractivity contribution in [2.75, 3.05) is 0 Å². The molecule has 0 saturated carbocycles. The molecule has 26 nitrogen and oxygen atoms in total. The molecule has 16 atom stereocenters. The molecule has 7 N–H and O–H groups in total. The topological polar surface area (TPSA) is 338 Å². The predicted molar refractivity (Wildman–Crippen MR) is 421 cm³/mol. The van der Waals surface area contributed by atoms with Crippen LogP contribution in [0.1, 0.15) is 259 Å². The van der Waals surface area contributed by atoms with Gasteiger partial charge in [0.2, 0.25) is 47.3 Å². The Morgan fingerprint density at radius 2 is 0.777 bits per heavy atom. The maximum atomic E-state index is 14.5. The highest BCUT2D eigenvalue weighted by Crippen LogP contribution is 2.38. The van der Waals surface area contributed by atoms with Crippen molar-refractivity contribution in [2.45, 2.75) is 332 Å². The number of nitrogens with one attached hydrogen (secondary N) is 6. The molecule has 612 valence electrons. The van der Waals surface area contributed by atoms with E-state index in [2.05, 4.69) is 31.9 Å². The van der Waals surface area contributed by atoms with Crippen LogP contribution in [0.3, 0.4) is 0 Å². The minimum atomic E-state index is -0.975. The minimum Gasteiger partial charge on any atom is -0.480 e. The number of aliphatic carboxylic acids is 1. The molecular formula is C86H122N10O16. The van der Waals surface area contributed by atoms with Crippen molar-refractivity contribution in [1.29, 1.82) is 0 Å². The number of amides is 10. The van der Waals surface area contributed by atoms with Crippen molar-refractivity contribution in [3.05, 3.63) is 120 Å². The first-order valence-corrected chi connectivity index (χ1v) is 41.1. The fourth-order valence-corrected chi connectivity index (χ4v) is 16.7. The smallest absolute Gasteiger partial charge is 0.408 e. The Bertz CT molecular complexity index is 3630. The number of esters is 1. The van der Waals surface area contributed by atoms with Crippen LogP contribution >= 0.6 is 0 Å². The molecular weight excluding hydrogens is 1430 g/mol. The Balaban J connectivity index is 0.000000224. The Hall–Kier alpha value is -9.36. The fraction of sp³-hybridized carbons (Fsp3) is 0.628. The average Bonchev–Trinajstić information content (AvgIpc) is 1.64. The summed E-state index contributed by atoms with van der Waals surface area (Å²) in [6.07, 6.45) is 19.6. The zero-order valence-electron chi connectivity index (χ0n) is 67.3. The van der Waals surface area contributed by atoms with Crippen molar-refractivity contribution >= 4 is 71.4 Å². The van der Waals surface area contributed by atoms with Gasteiger partial charge in [-0.05, 0) is 180 Å². The standard InChI is InChI=1S/C47H66N6O6.C23H30N2O5.C16H26N2O5/c1-5-30(3)42(54)48-36-23-15-13-21-34-25-27-40(52(34)46(36)58)44(56)50-38(32-17-9-7-10-18-32)29-39(33-19-11-8-12-20-33)51-45(57)41-28-26-35-22-14-16-24-37(47(59)53(35)41)49-43(55)31(4)6-2;1-23(2,3)30-22(28)24-18-12-8-7-11-17-13-14-19(25(17)20(18)26)21(27)29-15-16-9-5-4-6-10-16;1-16(2,3)23-15(22)17-11-7-5-4-6-10-8-9-12(14(20)21)18(10)13(11)19/h7-12,17-20,30-31,34-41H,5-6,13-16,21-29H2,1-4H3,(H,48,54)(H,49,55)(H,50,56)(H,51,57);4-10,17-19H,11-15H2,1-3H3,(H,24,28);10-12H,4-9H2,1-3H3,(H,17,22)(H,20,21)/b;8-7-;/t30-,31-,34+,35+,36+,37+,38-,39-,40+,41+;17-,18-,19-;10-,11-,12-/m100/s1. The van der Waals surface area contributed by atoms with Crippen molar-refractivity contribution < 1.29 is 76.9 Å². The average molecular weight is 1550 g/mol. The molecule has 7 saturated heterocycles. The van der Waals surface area contributed by atoms with E-state index in [9.17, 15) is 62.6 Å². The van der Waals surface area contributed by atoms with E-state index in [0.29, 0.717) is 96.3 Å². The number of carboxylic acid groups (broad SMARTS) is 1. The summed E-state index contributed by atoms with van der Waals surface area (Å²) in [4.78, 5) is 164. The highest BCUT2D eigenvalue weighted by Gasteiger charge is 2.49. The maximum absolute atomic E-state index is 14.5. The molecule has 10 amide bonds. The number of hydrogen-bond donors (Lipinski definition) is 7. The summed E-state index contributed by atoms with van der Waals surface area (Å²) in [5.74, 6) is -3.55. The van der Waals surface area contributed by atoms with Gasteiger partial charge in [-0.25, -0.2) is 19.2 Å². The van der Waals surface area contributed by atoms with Gasteiger partial charge in [-0.15, -0.1) is 0 Å². The van der Waals surface area contributed by atoms with E-state index in [-0.39, 0.29) is 89.9 Å². The lowest BCUT2D eigenvalue weighted by Crippen LogP contribution is -2.57. The zero-order chi connectivity index (χ0) is 81.0. The van der Waals surface area contributed by atoms with Gasteiger partial charge in [0.25, 0.3) is 0 Å². The van der Waals surface area contributed by atoms with Crippen LogP contribution in [0.5, 0.6) is 0 Å². The molecule has 0 aromatic heterocycles. The molecule has 0 spiro atoms. The van der Waals surface area contributed by atoms with Gasteiger partial charge in [0.1, 0.15) is 66.1 Å². The molecule has 112 heavy (non-hydrogen) atoms. The lowest BCUT2D eigenvalue weighted by atomic mass is 9.93. The third-order valence-corrected chi connectivity index (χ3v) is 23.0. The molecule has 0 unspecified atom stereocenters. The number of fused-ring (bicyclic) bond motifs is 4. The van der Waals surface area contributed by atoms with Crippen LogP contribution in [-0.2, 0) is 68.8 Å². The molecule has 11 rings (SSSR count). The van der Waals surface area contributed by atoms with Gasteiger partial charge in [-0.3, -0.25) is 38.4 Å². The van der Waals surface area contributed by atoms with Gasteiger partial charge in [0.15, 0.2) is 0 Å². The summed E-state index contributed by atoms with van der Waals surface area (Å²) in [6, 6.07) is 21.9. The van der Waals surface area contributed by atoms with E-state index in [0.717, 1.165) is 80.9 Å². The Kier molecular flexibility index (Phi) is 31.2. The van der Waals surface area contributed by atoms with Gasteiger partial charge in [-0.1, -0.05) is 169 Å². The van der Waals surface area contributed by atoms with Crippen LogP contribution in [0.15, 0.2) is 103 Å². The van der Waals surface area contributed by atoms with Gasteiger partial charge < -0.3 is 70.8 Å². The van der Waals surface area contributed by atoms with E-state index in [4.69, 9.17) is 14.2 Å². The van der Waals surface area contributed by atoms with Crippen LogP contribution in [0.25, 0.3) is 0 Å². The quantitative estimate of drug-likeness (QED) is 0.0314. The molecule has 3 aromatic rings. The second-order valence-electron chi connectivity index (χ2n) is 33.5. The summed E-state index contributed by atoms with van der Waals surface area (Å²) < 4.78 is 16.0. The van der Waals surface area contributed by atoms with Crippen LogP contribution in [-0.4, -0.2) is 180 Å². The molecule has 26 heteroatoms. The summed E-state index contributed by atoms with van der Waals surface area (Å²) in [6.45, 7) is 18.3. The van der Waals surface area contributed by atoms with Gasteiger partial charge in [0, 0.05) is 36.0 Å². The molecule has 3 aromatic carbocycles. The molecule has 0 bridgehead atoms. The van der Waals surface area contributed by atoms with Crippen LogP contribution < -0.4 is 31.9 Å². The van der Waals surface area contributed by atoms with E-state index in [1.165, 1.54) is 4.90 Å². The van der Waals surface area contributed by atoms with Crippen molar-refractivity contribution in [2.24, 2.45) is 11.8 Å². The first kappa shape index (κ1) is 86.6. The lowest BCUT2D eigenvalue weighted by molar-refractivity contribution is -0.156. The maximum Gasteiger partial charge on any atom is 0.408 e. The molecule has 8 aliphatic heterocycles. The second kappa shape index (κ2) is 40.4. The summed E-state index contributed by atoms with van der Waals surface area (Å²) >= 11 is 0. The highest BCUT2D eigenvalue weighted by atomic mass is 16.6. The van der Waals surface area contributed by atoms with E-state index in [1.54, 1.807) is 56.2 Å². The molecule has 7 fully saturated rings. The SMILES string of the molecule is CC(C)(C)OC(=O)N[C@H]1C/C=C\C[C@H]2CC[C@@H](C(=O)OCc3ccccc3)N2C1=O.CC(C)(C)OC(=O)N[C@H]1CCCC[C@H]2CC[C@@H](C(=O)O)N2C1=O.CC[C@@H](C)C(=O)N[C@H]1CCCC[C@H]2CC[C@@H](C(=O)N[C@H](C[C@@H](NC(=O)[C@@H]3CC[C@@H]4CCCC[C@H](NC(=O)[C@H](C)CC)C(=O)N43)c3ccccc3)c3ccccc3)N2C1=O. The number of benzene rings is 3. The van der Waals surface area contributed by atoms with Gasteiger partial charge >= 0.3 is 24.1 Å². The highest BCUT2D eigenvalue weighted by molar-refractivity contribution is 5.96. The predicted octanol–water partition coefficient (Wildman–Crippen LogP) is 11.3. The number of rotatable bonds is 20. The lowest BCUT2D eigenvalue weighted by Gasteiger charge is -2.37. The minimum absolute atomic E-state index is 0.0353. The molecule has 8 aliphatic rings. The third-order valence-electron chi connectivity index (χ3n) is 23.0. The number of carbonyl (C=O) groups is 12. The molecule has 0 radical (unpaired) electrons. The fourth-order valence-electron chi connectivity index (χ4n) is 16.7. The van der Waals surface area contributed by atoms with E-state index < -0.39 is 95.7 Å². The molecule has 8 heterocycles.